The van der Waals surface area contributed by atoms with Gasteiger partial charge in [-0.15, -0.1) is 0 Å². The van der Waals surface area contributed by atoms with Gasteiger partial charge in [-0.3, -0.25) is 9.80 Å². The molecule has 2 bridgehead atoms. The Kier molecular flexibility index (Phi) is 7.27. The number of rotatable bonds is 7. The molecule has 0 radical (unpaired) electrons. The zero-order valence-electron chi connectivity index (χ0n) is 20.6. The van der Waals surface area contributed by atoms with Gasteiger partial charge in [-0.1, -0.05) is 60.7 Å². The number of likely N-dealkylation sites (tertiary alicyclic amines) is 1. The van der Waals surface area contributed by atoms with Gasteiger partial charge in [0.25, 0.3) is 0 Å². The first kappa shape index (κ1) is 24.3. The summed E-state index contributed by atoms with van der Waals surface area (Å²) in [5.41, 5.74) is 1.85. The normalized spacial score (nSPS) is 23.9. The van der Waals surface area contributed by atoms with Crippen LogP contribution >= 0.6 is 0 Å². The Hall–Kier alpha value is -2.86. The maximum Gasteiger partial charge on any atom is 0.411 e. The van der Waals surface area contributed by atoms with Crippen molar-refractivity contribution in [2.75, 3.05) is 6.61 Å². The van der Waals surface area contributed by atoms with E-state index in [9.17, 15) is 9.59 Å². The molecule has 1 saturated heterocycles. The number of carbonyl (C=O) groups is 2. The van der Waals surface area contributed by atoms with Crippen molar-refractivity contribution < 1.29 is 19.1 Å². The predicted molar refractivity (Wildman–Crippen MR) is 131 cm³/mol. The van der Waals surface area contributed by atoms with E-state index < -0.39 is 17.7 Å². The first-order valence-electron chi connectivity index (χ1n) is 12.3. The summed E-state index contributed by atoms with van der Waals surface area (Å²) in [4.78, 5) is 30.3. The number of piperidine rings is 1. The Bertz CT molecular complexity index is 931. The van der Waals surface area contributed by atoms with Crippen LogP contribution < -0.4 is 0 Å². The van der Waals surface area contributed by atoms with Gasteiger partial charge in [-0.25, -0.2) is 9.59 Å². The van der Waals surface area contributed by atoms with Crippen LogP contribution in [0.2, 0.25) is 0 Å². The van der Waals surface area contributed by atoms with Gasteiger partial charge in [-0.2, -0.15) is 0 Å². The second-order valence-corrected chi connectivity index (χ2v) is 10.3. The molecular formula is C28H36N2O4. The molecule has 34 heavy (non-hydrogen) atoms. The number of hydrogen-bond donors (Lipinski definition) is 0. The number of esters is 1. The topological polar surface area (TPSA) is 59.1 Å². The van der Waals surface area contributed by atoms with Gasteiger partial charge in [0.05, 0.1) is 6.61 Å². The summed E-state index contributed by atoms with van der Waals surface area (Å²) in [7, 11) is 0. The minimum atomic E-state index is -0.621. The second-order valence-electron chi connectivity index (χ2n) is 10.3. The lowest BCUT2D eigenvalue weighted by molar-refractivity contribution is -0.152. The van der Waals surface area contributed by atoms with E-state index in [0.29, 0.717) is 0 Å². The molecule has 4 atom stereocenters. The quantitative estimate of drug-likeness (QED) is 0.539. The highest BCUT2D eigenvalue weighted by Crippen LogP contribution is 2.46. The van der Waals surface area contributed by atoms with E-state index >= 15 is 0 Å². The lowest BCUT2D eigenvalue weighted by Gasteiger charge is -2.42. The molecule has 0 spiro atoms. The lowest BCUT2D eigenvalue weighted by Crippen LogP contribution is -2.57. The fourth-order valence-electron chi connectivity index (χ4n) is 5.46. The van der Waals surface area contributed by atoms with Crippen molar-refractivity contribution in [1.82, 2.24) is 9.80 Å². The number of amides is 1. The summed E-state index contributed by atoms with van der Waals surface area (Å²) in [6.07, 6.45) is 1.18. The molecule has 6 heteroatoms. The highest BCUT2D eigenvalue weighted by atomic mass is 16.6. The van der Waals surface area contributed by atoms with Gasteiger partial charge < -0.3 is 9.47 Å². The molecule has 1 amide bonds. The minimum Gasteiger partial charge on any atom is -0.464 e. The summed E-state index contributed by atoms with van der Waals surface area (Å²) in [6, 6.07) is 20.4. The summed E-state index contributed by atoms with van der Waals surface area (Å²) in [5.74, 6) is -0.325. The molecule has 2 fully saturated rings. The van der Waals surface area contributed by atoms with E-state index in [0.717, 1.165) is 25.9 Å². The SMILES string of the molecule is CCOC(=O)[C@@H]1C2CC(C[C@@H]2N(Cc2ccccc2)Cc2ccccc2)N1C(=O)OC(C)(C)C. The molecule has 0 N–H and O–H groups in total. The van der Waals surface area contributed by atoms with Gasteiger partial charge in [0.2, 0.25) is 0 Å². The van der Waals surface area contributed by atoms with E-state index in [1.807, 2.05) is 32.9 Å². The summed E-state index contributed by atoms with van der Waals surface area (Å²) >= 11 is 0. The van der Waals surface area contributed by atoms with Crippen LogP contribution in [0, 0.1) is 5.92 Å². The van der Waals surface area contributed by atoms with Crippen LogP contribution in [0.1, 0.15) is 51.7 Å². The van der Waals surface area contributed by atoms with Crippen molar-refractivity contribution in [3.05, 3.63) is 71.8 Å². The molecule has 2 aromatic carbocycles. The maximum atomic E-state index is 13.1. The van der Waals surface area contributed by atoms with Crippen LogP contribution in [0.5, 0.6) is 0 Å². The molecule has 182 valence electrons. The molecule has 2 aliphatic rings. The minimum absolute atomic E-state index is 0.00370. The molecule has 0 aromatic heterocycles. The zero-order valence-corrected chi connectivity index (χ0v) is 20.6. The Balaban J connectivity index is 1.61. The smallest absolute Gasteiger partial charge is 0.411 e. The van der Waals surface area contributed by atoms with Gasteiger partial charge in [0.15, 0.2) is 0 Å². The fourth-order valence-corrected chi connectivity index (χ4v) is 5.46. The van der Waals surface area contributed by atoms with E-state index in [-0.39, 0.29) is 30.6 Å². The average Bonchev–Trinajstić information content (AvgIpc) is 3.38. The Morgan fingerprint density at radius 2 is 1.50 bits per heavy atom. The van der Waals surface area contributed by atoms with Crippen molar-refractivity contribution in [2.24, 2.45) is 5.92 Å². The number of benzene rings is 2. The number of hydrogen-bond acceptors (Lipinski definition) is 5. The monoisotopic (exact) mass is 464 g/mol. The highest BCUT2D eigenvalue weighted by Gasteiger charge is 2.58. The van der Waals surface area contributed by atoms with Crippen molar-refractivity contribution in [3.8, 4) is 0 Å². The number of fused-ring (bicyclic) bond motifs is 2. The third kappa shape index (κ3) is 5.44. The maximum absolute atomic E-state index is 13.1. The molecule has 2 unspecified atom stereocenters. The molecule has 2 aromatic rings. The second kappa shape index (κ2) is 10.2. The summed E-state index contributed by atoms with van der Waals surface area (Å²) < 4.78 is 11.1. The summed E-state index contributed by atoms with van der Waals surface area (Å²) in [5, 5.41) is 0. The Morgan fingerprint density at radius 1 is 0.941 bits per heavy atom. The van der Waals surface area contributed by atoms with Crippen LogP contribution in [0.15, 0.2) is 60.7 Å². The largest absolute Gasteiger partial charge is 0.464 e. The number of carbonyl (C=O) groups excluding carboxylic acids is 2. The molecule has 6 nitrogen and oxygen atoms in total. The van der Waals surface area contributed by atoms with Crippen molar-refractivity contribution in [3.63, 3.8) is 0 Å². The van der Waals surface area contributed by atoms with Gasteiger partial charge in [0.1, 0.15) is 11.6 Å². The number of nitrogens with zero attached hydrogens (tertiary/aromatic N) is 2. The molecular weight excluding hydrogens is 428 g/mol. The average molecular weight is 465 g/mol. The standard InChI is InChI=1S/C28H36N2O4/c1-5-33-26(31)25-23-16-22(30(25)27(32)34-28(2,3)4)17-24(23)29(18-20-12-8-6-9-13-20)19-21-14-10-7-11-15-21/h6-15,22-25H,5,16-19H2,1-4H3/t22?,23?,24-,25-/m0/s1. The number of ether oxygens (including phenoxy) is 2. The third-order valence-corrected chi connectivity index (χ3v) is 6.71. The highest BCUT2D eigenvalue weighted by molar-refractivity contribution is 5.83. The van der Waals surface area contributed by atoms with Gasteiger partial charge in [0, 0.05) is 31.1 Å². The van der Waals surface area contributed by atoms with Crippen molar-refractivity contribution in [1.29, 1.82) is 0 Å². The van der Waals surface area contributed by atoms with E-state index in [1.54, 1.807) is 11.8 Å². The van der Waals surface area contributed by atoms with E-state index in [1.165, 1.54) is 11.1 Å². The zero-order chi connectivity index (χ0) is 24.3. The van der Waals surface area contributed by atoms with Gasteiger partial charge >= 0.3 is 12.1 Å². The van der Waals surface area contributed by atoms with Crippen molar-refractivity contribution >= 4 is 12.1 Å². The molecule has 1 heterocycles. The van der Waals surface area contributed by atoms with Crippen molar-refractivity contribution in [2.45, 2.75) is 77.4 Å². The van der Waals surface area contributed by atoms with Gasteiger partial charge in [-0.05, 0) is 51.7 Å². The third-order valence-electron chi connectivity index (χ3n) is 6.71. The van der Waals surface area contributed by atoms with Crippen LogP contribution in [0.3, 0.4) is 0 Å². The molecule has 1 aliphatic heterocycles. The molecule has 1 aliphatic carbocycles. The van der Waals surface area contributed by atoms with E-state index in [2.05, 4.69) is 53.4 Å². The molecule has 1 saturated carbocycles. The lowest BCUT2D eigenvalue weighted by atomic mass is 9.91. The predicted octanol–water partition coefficient (Wildman–Crippen LogP) is 5.02. The van der Waals surface area contributed by atoms with Crippen LogP contribution in [0.25, 0.3) is 0 Å². The Labute approximate surface area is 202 Å². The van der Waals surface area contributed by atoms with E-state index in [4.69, 9.17) is 9.47 Å². The Morgan fingerprint density at radius 3 is 2.00 bits per heavy atom. The van der Waals surface area contributed by atoms with Crippen LogP contribution in [-0.4, -0.2) is 52.2 Å². The molecule has 4 rings (SSSR count). The fraction of sp³-hybridized carbons (Fsp3) is 0.500. The first-order valence-corrected chi connectivity index (χ1v) is 12.3. The summed E-state index contributed by atoms with van der Waals surface area (Å²) in [6.45, 7) is 9.21. The van der Waals surface area contributed by atoms with Crippen LogP contribution in [-0.2, 0) is 27.4 Å². The van der Waals surface area contributed by atoms with Crippen LogP contribution in [0.4, 0.5) is 4.79 Å². The first-order chi connectivity index (χ1) is 16.3.